The lowest BCUT2D eigenvalue weighted by atomic mass is 10.3. The minimum absolute atomic E-state index is 0.0905. The van der Waals surface area contributed by atoms with Crippen LogP contribution in [0, 0.1) is 0 Å². The molecule has 0 aromatic heterocycles. The lowest BCUT2D eigenvalue weighted by Crippen LogP contribution is -2.30. The Morgan fingerprint density at radius 2 is 1.90 bits per heavy atom. The van der Waals surface area contributed by atoms with Gasteiger partial charge in [0.1, 0.15) is 0 Å². The van der Waals surface area contributed by atoms with Crippen molar-refractivity contribution < 1.29 is 13.2 Å². The summed E-state index contributed by atoms with van der Waals surface area (Å²) in [6, 6.07) is 6.41. The van der Waals surface area contributed by atoms with E-state index in [0.29, 0.717) is 26.1 Å². The molecule has 0 spiro atoms. The summed E-state index contributed by atoms with van der Waals surface area (Å²) in [6.45, 7) is 1.61. The zero-order valence-electron chi connectivity index (χ0n) is 11.4. The van der Waals surface area contributed by atoms with Crippen LogP contribution in [0.1, 0.15) is 12.8 Å². The topological polar surface area (TPSA) is 78.5 Å². The third-order valence-corrected chi connectivity index (χ3v) is 4.68. The SMILES string of the molecule is CNCCNS(=O)(=O)c1ccc(N2CCCC2=O)cc1. The Morgan fingerprint density at radius 3 is 2.45 bits per heavy atom. The fraction of sp³-hybridized carbons (Fsp3) is 0.462. The minimum atomic E-state index is -3.48. The van der Waals surface area contributed by atoms with Crippen LogP contribution in [0.25, 0.3) is 0 Å². The first-order valence-corrected chi connectivity index (χ1v) is 8.07. The molecule has 110 valence electrons. The van der Waals surface area contributed by atoms with Gasteiger partial charge in [0.05, 0.1) is 4.90 Å². The van der Waals surface area contributed by atoms with E-state index >= 15 is 0 Å². The van der Waals surface area contributed by atoms with E-state index < -0.39 is 10.0 Å². The van der Waals surface area contributed by atoms with Gasteiger partial charge in [-0.05, 0) is 37.7 Å². The summed E-state index contributed by atoms with van der Waals surface area (Å²) in [5.41, 5.74) is 0.752. The second-order valence-electron chi connectivity index (χ2n) is 4.64. The lowest BCUT2D eigenvalue weighted by Gasteiger charge is -2.16. The smallest absolute Gasteiger partial charge is 0.240 e. The zero-order valence-corrected chi connectivity index (χ0v) is 12.2. The van der Waals surface area contributed by atoms with Gasteiger partial charge in [-0.15, -0.1) is 0 Å². The van der Waals surface area contributed by atoms with Crippen LogP contribution >= 0.6 is 0 Å². The number of sulfonamides is 1. The van der Waals surface area contributed by atoms with Crippen LogP contribution in [0.4, 0.5) is 5.69 Å². The summed E-state index contributed by atoms with van der Waals surface area (Å²) in [7, 11) is -1.72. The van der Waals surface area contributed by atoms with Crippen molar-refractivity contribution in [3.63, 3.8) is 0 Å². The molecule has 0 aliphatic carbocycles. The van der Waals surface area contributed by atoms with E-state index in [9.17, 15) is 13.2 Å². The van der Waals surface area contributed by atoms with Crippen LogP contribution in [0.15, 0.2) is 29.2 Å². The van der Waals surface area contributed by atoms with Crippen molar-refractivity contribution in [2.45, 2.75) is 17.7 Å². The van der Waals surface area contributed by atoms with Gasteiger partial charge in [0.15, 0.2) is 0 Å². The number of carbonyl (C=O) groups excluding carboxylic acids is 1. The summed E-state index contributed by atoms with van der Waals surface area (Å²) in [5, 5.41) is 2.87. The highest BCUT2D eigenvalue weighted by atomic mass is 32.2. The second-order valence-corrected chi connectivity index (χ2v) is 6.41. The Bertz CT molecular complexity index is 569. The van der Waals surface area contributed by atoms with Gasteiger partial charge in [-0.2, -0.15) is 0 Å². The fourth-order valence-corrected chi connectivity index (χ4v) is 3.15. The number of nitrogens with zero attached hydrogens (tertiary/aromatic N) is 1. The molecule has 1 aliphatic heterocycles. The molecule has 0 saturated carbocycles. The summed E-state index contributed by atoms with van der Waals surface area (Å²) in [4.78, 5) is 13.5. The first-order valence-electron chi connectivity index (χ1n) is 6.59. The monoisotopic (exact) mass is 297 g/mol. The molecule has 2 N–H and O–H groups in total. The van der Waals surface area contributed by atoms with E-state index in [0.717, 1.165) is 12.1 Å². The third-order valence-electron chi connectivity index (χ3n) is 3.20. The van der Waals surface area contributed by atoms with Crippen LogP contribution in [0.5, 0.6) is 0 Å². The maximum absolute atomic E-state index is 12.0. The molecule has 6 nitrogen and oxygen atoms in total. The van der Waals surface area contributed by atoms with E-state index in [-0.39, 0.29) is 10.8 Å². The van der Waals surface area contributed by atoms with E-state index in [2.05, 4.69) is 10.0 Å². The van der Waals surface area contributed by atoms with E-state index in [1.54, 1.807) is 24.1 Å². The highest BCUT2D eigenvalue weighted by Crippen LogP contribution is 2.22. The van der Waals surface area contributed by atoms with Crippen molar-refractivity contribution in [1.29, 1.82) is 0 Å². The summed E-state index contributed by atoms with van der Waals surface area (Å²) < 4.78 is 26.5. The highest BCUT2D eigenvalue weighted by Gasteiger charge is 2.22. The summed E-state index contributed by atoms with van der Waals surface area (Å²) >= 11 is 0. The maximum atomic E-state index is 12.0. The number of nitrogens with one attached hydrogen (secondary N) is 2. The number of hydrogen-bond acceptors (Lipinski definition) is 4. The molecule has 20 heavy (non-hydrogen) atoms. The number of anilines is 1. The van der Waals surface area contributed by atoms with Gasteiger partial charge in [0, 0.05) is 31.7 Å². The van der Waals surface area contributed by atoms with Gasteiger partial charge < -0.3 is 10.2 Å². The summed E-state index contributed by atoms with van der Waals surface area (Å²) in [6.07, 6.45) is 1.41. The van der Waals surface area contributed by atoms with Crippen molar-refractivity contribution in [2.75, 3.05) is 31.6 Å². The van der Waals surface area contributed by atoms with Crippen molar-refractivity contribution in [3.05, 3.63) is 24.3 Å². The van der Waals surface area contributed by atoms with Gasteiger partial charge in [-0.3, -0.25) is 4.79 Å². The molecular formula is C13H19N3O3S. The molecule has 2 rings (SSSR count). The Morgan fingerprint density at radius 1 is 1.20 bits per heavy atom. The number of carbonyl (C=O) groups is 1. The number of hydrogen-bond donors (Lipinski definition) is 2. The van der Waals surface area contributed by atoms with Gasteiger partial charge in [-0.25, -0.2) is 13.1 Å². The molecular weight excluding hydrogens is 278 g/mol. The zero-order chi connectivity index (χ0) is 14.6. The van der Waals surface area contributed by atoms with Gasteiger partial charge in [-0.1, -0.05) is 0 Å². The van der Waals surface area contributed by atoms with Crippen LogP contribution < -0.4 is 14.9 Å². The largest absolute Gasteiger partial charge is 0.318 e. The Labute approximate surface area is 119 Å². The standard InChI is InChI=1S/C13H19N3O3S/c1-14-8-9-15-20(18,19)12-6-4-11(5-7-12)16-10-2-3-13(16)17/h4-7,14-15H,2-3,8-10H2,1H3. The van der Waals surface area contributed by atoms with Gasteiger partial charge in [0.25, 0.3) is 0 Å². The van der Waals surface area contributed by atoms with Crippen molar-refractivity contribution >= 4 is 21.6 Å². The van der Waals surface area contributed by atoms with E-state index in [1.165, 1.54) is 12.1 Å². The number of amides is 1. The van der Waals surface area contributed by atoms with Crippen LogP contribution in [0.2, 0.25) is 0 Å². The van der Waals surface area contributed by atoms with Crippen LogP contribution in [0.3, 0.4) is 0 Å². The molecule has 1 fully saturated rings. The second kappa shape index (κ2) is 6.34. The minimum Gasteiger partial charge on any atom is -0.318 e. The predicted molar refractivity (Wildman–Crippen MR) is 77.1 cm³/mol. The quantitative estimate of drug-likeness (QED) is 0.741. The first-order chi connectivity index (χ1) is 9.54. The molecule has 1 amide bonds. The Hall–Kier alpha value is -1.44. The average molecular weight is 297 g/mol. The van der Waals surface area contributed by atoms with Crippen molar-refractivity contribution in [1.82, 2.24) is 10.0 Å². The molecule has 0 bridgehead atoms. The van der Waals surface area contributed by atoms with Crippen LogP contribution in [-0.4, -0.2) is 41.0 Å². The number of likely N-dealkylation sites (N-methyl/N-ethyl adjacent to an activating group) is 1. The fourth-order valence-electron chi connectivity index (χ4n) is 2.12. The molecule has 0 atom stereocenters. The molecule has 0 radical (unpaired) electrons. The average Bonchev–Trinajstić information content (AvgIpc) is 2.85. The molecule has 0 unspecified atom stereocenters. The summed E-state index contributed by atoms with van der Waals surface area (Å²) in [5.74, 6) is 0.0905. The number of benzene rings is 1. The molecule has 1 aliphatic rings. The molecule has 1 aromatic carbocycles. The van der Waals surface area contributed by atoms with Gasteiger partial charge in [0.2, 0.25) is 15.9 Å². The van der Waals surface area contributed by atoms with Crippen molar-refractivity contribution in [3.8, 4) is 0 Å². The predicted octanol–water partition coefficient (Wildman–Crippen LogP) is 0.311. The number of rotatable bonds is 6. The van der Waals surface area contributed by atoms with Gasteiger partial charge >= 0.3 is 0 Å². The molecule has 7 heteroatoms. The normalized spacial score (nSPS) is 15.8. The molecule has 1 heterocycles. The Kier molecular flexibility index (Phi) is 4.74. The van der Waals surface area contributed by atoms with E-state index in [1.807, 2.05) is 0 Å². The molecule has 1 aromatic rings. The van der Waals surface area contributed by atoms with Crippen LogP contribution in [-0.2, 0) is 14.8 Å². The highest BCUT2D eigenvalue weighted by molar-refractivity contribution is 7.89. The first kappa shape index (κ1) is 15.0. The van der Waals surface area contributed by atoms with Crippen molar-refractivity contribution in [2.24, 2.45) is 0 Å². The molecule has 1 saturated heterocycles. The lowest BCUT2D eigenvalue weighted by molar-refractivity contribution is -0.117. The maximum Gasteiger partial charge on any atom is 0.240 e. The Balaban J connectivity index is 2.09. The van der Waals surface area contributed by atoms with E-state index in [4.69, 9.17) is 0 Å². The third kappa shape index (κ3) is 3.36.